The largest absolute Gasteiger partial charge is 0.462 e. The second-order valence-electron chi connectivity index (χ2n) is 7.28. The fourth-order valence-corrected chi connectivity index (χ4v) is 4.78. The van der Waals surface area contributed by atoms with E-state index in [0.29, 0.717) is 23.4 Å². The number of aryl methyl sites for hydroxylation is 2. The highest BCUT2D eigenvalue weighted by atomic mass is 32.1. The molecule has 3 heterocycles. The minimum atomic E-state index is -0.284. The zero-order chi connectivity index (χ0) is 20.3. The van der Waals surface area contributed by atoms with E-state index in [4.69, 9.17) is 4.74 Å². The van der Waals surface area contributed by atoms with Crippen LogP contribution in [0.15, 0.2) is 0 Å². The first kappa shape index (κ1) is 21.0. The lowest BCUT2D eigenvalue weighted by Gasteiger charge is -2.37. The lowest BCUT2D eigenvalue weighted by Crippen LogP contribution is -2.51. The molecule has 1 aliphatic rings. The lowest BCUT2D eigenvalue weighted by atomic mass is 10.2. The molecule has 8 heteroatoms. The maximum Gasteiger partial charge on any atom is 0.348 e. The molecular weight excluding hydrogens is 374 g/mol. The minimum Gasteiger partial charge on any atom is -0.462 e. The van der Waals surface area contributed by atoms with Crippen LogP contribution in [0.5, 0.6) is 0 Å². The van der Waals surface area contributed by atoms with Crippen molar-refractivity contribution >= 4 is 33.3 Å². The van der Waals surface area contributed by atoms with Crippen molar-refractivity contribution in [2.45, 2.75) is 40.7 Å². The van der Waals surface area contributed by atoms with Gasteiger partial charge in [0.1, 0.15) is 21.3 Å². The molecule has 0 saturated carbocycles. The second-order valence-corrected chi connectivity index (χ2v) is 8.28. The van der Waals surface area contributed by atoms with Gasteiger partial charge in [0.15, 0.2) is 0 Å². The summed E-state index contributed by atoms with van der Waals surface area (Å²) in [5, 5.41) is 4.46. The zero-order valence-corrected chi connectivity index (χ0v) is 18.4. The van der Waals surface area contributed by atoms with E-state index in [-0.39, 0.29) is 5.97 Å². The van der Waals surface area contributed by atoms with E-state index in [1.165, 1.54) is 11.3 Å². The molecule has 0 spiro atoms. The van der Waals surface area contributed by atoms with Crippen molar-refractivity contribution in [1.29, 1.82) is 0 Å². The van der Waals surface area contributed by atoms with Crippen LogP contribution in [0.2, 0.25) is 0 Å². The summed E-state index contributed by atoms with van der Waals surface area (Å²) in [4.78, 5) is 27.9. The van der Waals surface area contributed by atoms with Gasteiger partial charge in [0.25, 0.3) is 0 Å². The molecule has 0 unspecified atom stereocenters. The van der Waals surface area contributed by atoms with Crippen LogP contribution in [-0.4, -0.2) is 77.7 Å². The molecular formula is C20H31N5O2S. The highest BCUT2D eigenvalue weighted by Gasteiger charge is 2.23. The number of fused-ring (bicyclic) bond motifs is 1. The number of thiophene rings is 1. The van der Waals surface area contributed by atoms with Crippen LogP contribution in [0.3, 0.4) is 0 Å². The van der Waals surface area contributed by atoms with Gasteiger partial charge in [-0.1, -0.05) is 6.92 Å². The summed E-state index contributed by atoms with van der Waals surface area (Å²) in [6.07, 6.45) is 0. The number of nitrogens with zero attached hydrogens (tertiary/aromatic N) is 4. The molecule has 7 nitrogen and oxygen atoms in total. The quantitative estimate of drug-likeness (QED) is 0.710. The number of ether oxygens (including phenoxy) is 1. The third-order valence-corrected chi connectivity index (χ3v) is 6.57. The molecule has 28 heavy (non-hydrogen) atoms. The van der Waals surface area contributed by atoms with E-state index in [2.05, 4.69) is 38.9 Å². The van der Waals surface area contributed by atoms with E-state index in [1.54, 1.807) is 0 Å². The van der Waals surface area contributed by atoms with Gasteiger partial charge < -0.3 is 15.0 Å². The van der Waals surface area contributed by atoms with E-state index >= 15 is 0 Å². The van der Waals surface area contributed by atoms with Crippen LogP contribution in [0.25, 0.3) is 10.2 Å². The van der Waals surface area contributed by atoms with Gasteiger partial charge in [-0.05, 0) is 39.8 Å². The third-order valence-electron chi connectivity index (χ3n) is 5.41. The molecule has 1 atom stereocenters. The number of hydrogen-bond acceptors (Lipinski definition) is 8. The van der Waals surface area contributed by atoms with Gasteiger partial charge in [-0.15, -0.1) is 11.3 Å². The molecule has 0 amide bonds. The molecule has 1 fully saturated rings. The van der Waals surface area contributed by atoms with Crippen LogP contribution in [0.4, 0.5) is 5.82 Å². The maximum atomic E-state index is 12.3. The zero-order valence-electron chi connectivity index (χ0n) is 17.5. The summed E-state index contributed by atoms with van der Waals surface area (Å²) in [6.45, 7) is 16.9. The number of hydrogen-bond donors (Lipinski definition) is 1. The Kier molecular flexibility index (Phi) is 6.85. The smallest absolute Gasteiger partial charge is 0.348 e. The van der Waals surface area contributed by atoms with Gasteiger partial charge in [0, 0.05) is 38.8 Å². The Labute approximate surface area is 171 Å². The first-order valence-electron chi connectivity index (χ1n) is 10.1. The molecule has 0 bridgehead atoms. The van der Waals surface area contributed by atoms with Gasteiger partial charge in [0.2, 0.25) is 0 Å². The molecule has 0 aromatic carbocycles. The Morgan fingerprint density at radius 1 is 1.21 bits per heavy atom. The standard InChI is InChI=1S/C20H31N5O2S/c1-6-24-8-10-25(11-9-24)13(3)12-21-18-16-14(4)17(20(26)27-7-2)28-19(16)23-15(5)22-18/h13H,6-12H2,1-5H3,(H,21,22,23)/t13-/m0/s1. The van der Waals surface area contributed by atoms with Crippen LogP contribution in [0, 0.1) is 13.8 Å². The van der Waals surface area contributed by atoms with Gasteiger partial charge in [-0.25, -0.2) is 14.8 Å². The Bertz CT molecular complexity index is 830. The van der Waals surface area contributed by atoms with Gasteiger partial charge >= 0.3 is 5.97 Å². The van der Waals surface area contributed by atoms with Crippen LogP contribution in [0.1, 0.15) is 41.8 Å². The number of rotatable bonds is 7. The SMILES string of the molecule is CCOC(=O)c1sc2nc(C)nc(NC[C@H](C)N3CCN(CC)CC3)c2c1C. The average molecular weight is 406 g/mol. The van der Waals surface area contributed by atoms with Crippen LogP contribution >= 0.6 is 11.3 Å². The summed E-state index contributed by atoms with van der Waals surface area (Å²) in [5.74, 6) is 1.23. The van der Waals surface area contributed by atoms with Crippen molar-refractivity contribution in [2.75, 3.05) is 51.2 Å². The molecule has 154 valence electrons. The van der Waals surface area contributed by atoms with Crippen molar-refractivity contribution in [1.82, 2.24) is 19.8 Å². The summed E-state index contributed by atoms with van der Waals surface area (Å²) in [7, 11) is 0. The predicted molar refractivity (Wildman–Crippen MR) is 114 cm³/mol. The Balaban J connectivity index is 1.76. The number of anilines is 1. The fraction of sp³-hybridized carbons (Fsp3) is 0.650. The van der Waals surface area contributed by atoms with Crippen molar-refractivity contribution in [3.8, 4) is 0 Å². The molecule has 2 aromatic heterocycles. The molecule has 0 radical (unpaired) electrons. The molecule has 0 aliphatic carbocycles. The lowest BCUT2D eigenvalue weighted by molar-refractivity contribution is 0.0531. The van der Waals surface area contributed by atoms with Crippen LogP contribution < -0.4 is 5.32 Å². The van der Waals surface area contributed by atoms with Crippen molar-refractivity contribution in [2.24, 2.45) is 0 Å². The summed E-state index contributed by atoms with van der Waals surface area (Å²) in [5.41, 5.74) is 0.894. The van der Waals surface area contributed by atoms with E-state index in [1.807, 2.05) is 20.8 Å². The normalized spacial score (nSPS) is 17.0. The van der Waals surface area contributed by atoms with Gasteiger partial charge in [0.05, 0.1) is 12.0 Å². The maximum absolute atomic E-state index is 12.3. The van der Waals surface area contributed by atoms with Gasteiger partial charge in [-0.3, -0.25) is 4.90 Å². The topological polar surface area (TPSA) is 70.6 Å². The number of piperazine rings is 1. The number of likely N-dealkylation sites (N-methyl/N-ethyl adjacent to an activating group) is 1. The molecule has 1 aliphatic heterocycles. The highest BCUT2D eigenvalue weighted by molar-refractivity contribution is 7.20. The van der Waals surface area contributed by atoms with Crippen molar-refractivity contribution < 1.29 is 9.53 Å². The number of carbonyl (C=O) groups is 1. The van der Waals surface area contributed by atoms with Crippen LogP contribution in [-0.2, 0) is 4.74 Å². The first-order valence-corrected chi connectivity index (χ1v) is 10.9. The molecule has 2 aromatic rings. The number of nitrogens with one attached hydrogen (secondary N) is 1. The fourth-order valence-electron chi connectivity index (χ4n) is 3.66. The molecule has 1 saturated heterocycles. The summed E-state index contributed by atoms with van der Waals surface area (Å²) < 4.78 is 5.20. The summed E-state index contributed by atoms with van der Waals surface area (Å²) >= 11 is 1.38. The predicted octanol–water partition coefficient (Wildman–Crippen LogP) is 2.92. The average Bonchev–Trinajstić information content (AvgIpc) is 3.02. The Morgan fingerprint density at radius 2 is 1.93 bits per heavy atom. The monoisotopic (exact) mass is 405 g/mol. The number of aromatic nitrogens is 2. The number of esters is 1. The van der Waals surface area contributed by atoms with Crippen molar-refractivity contribution in [3.63, 3.8) is 0 Å². The van der Waals surface area contributed by atoms with Crippen molar-refractivity contribution in [3.05, 3.63) is 16.3 Å². The Hall–Kier alpha value is -1.77. The Morgan fingerprint density at radius 3 is 2.57 bits per heavy atom. The van der Waals surface area contributed by atoms with Gasteiger partial charge in [-0.2, -0.15) is 0 Å². The number of carbonyl (C=O) groups excluding carboxylic acids is 1. The third kappa shape index (κ3) is 4.45. The second kappa shape index (κ2) is 9.15. The molecule has 3 rings (SSSR count). The van der Waals surface area contributed by atoms with E-state index < -0.39 is 0 Å². The first-order chi connectivity index (χ1) is 13.4. The minimum absolute atomic E-state index is 0.284. The van der Waals surface area contributed by atoms with E-state index in [0.717, 1.165) is 60.9 Å². The molecule has 1 N–H and O–H groups in total. The van der Waals surface area contributed by atoms with E-state index in [9.17, 15) is 4.79 Å². The summed E-state index contributed by atoms with van der Waals surface area (Å²) in [6, 6.07) is 0.410. The highest BCUT2D eigenvalue weighted by Crippen LogP contribution is 2.34.